The molecule has 0 radical (unpaired) electrons. The number of unbranched alkanes of at least 4 members (excludes halogenated alkanes) is 1. The van der Waals surface area contributed by atoms with Gasteiger partial charge in [0.15, 0.2) is 0 Å². The summed E-state index contributed by atoms with van der Waals surface area (Å²) in [6.45, 7) is 2.26. The van der Waals surface area contributed by atoms with Gasteiger partial charge in [-0.2, -0.15) is 11.8 Å². The summed E-state index contributed by atoms with van der Waals surface area (Å²) in [4.78, 5) is 0. The van der Waals surface area contributed by atoms with Crippen LogP contribution >= 0.6 is 11.8 Å². The van der Waals surface area contributed by atoms with E-state index in [9.17, 15) is 0 Å². The highest BCUT2D eigenvalue weighted by molar-refractivity contribution is 8.00. The van der Waals surface area contributed by atoms with Crippen molar-refractivity contribution >= 4 is 11.8 Å². The van der Waals surface area contributed by atoms with Crippen molar-refractivity contribution in [3.8, 4) is 0 Å². The highest BCUT2D eigenvalue weighted by Gasteiger charge is 2.06. The predicted molar refractivity (Wildman–Crippen MR) is 54.1 cm³/mol. The minimum atomic E-state index is 0.843. The topological polar surface area (TPSA) is 0 Å². The molecule has 0 bridgehead atoms. The van der Waals surface area contributed by atoms with Gasteiger partial charge in [0.25, 0.3) is 0 Å². The summed E-state index contributed by atoms with van der Waals surface area (Å²) in [5.41, 5.74) is 0. The molecule has 1 aliphatic carbocycles. The molecular formula is C10H18S. The fourth-order valence-corrected chi connectivity index (χ4v) is 2.61. The molecule has 64 valence electrons. The van der Waals surface area contributed by atoms with E-state index in [1.165, 1.54) is 37.9 Å². The quantitative estimate of drug-likeness (QED) is 0.458. The summed E-state index contributed by atoms with van der Waals surface area (Å²) in [5, 5.41) is 0.843. The van der Waals surface area contributed by atoms with Crippen LogP contribution in [-0.4, -0.2) is 11.0 Å². The lowest BCUT2D eigenvalue weighted by Gasteiger charge is -2.14. The van der Waals surface area contributed by atoms with E-state index in [1.54, 1.807) is 0 Å². The van der Waals surface area contributed by atoms with Crippen LogP contribution in [0.15, 0.2) is 12.2 Å². The first-order chi connectivity index (χ1) is 5.43. The van der Waals surface area contributed by atoms with Gasteiger partial charge in [-0.1, -0.05) is 25.5 Å². The number of hydrogen-bond donors (Lipinski definition) is 0. The molecule has 0 nitrogen and oxygen atoms in total. The molecule has 1 rings (SSSR count). The molecule has 1 atom stereocenters. The second-order valence-electron chi connectivity index (χ2n) is 3.12. The van der Waals surface area contributed by atoms with Crippen LogP contribution in [0.3, 0.4) is 0 Å². The Balaban J connectivity index is 2.05. The maximum atomic E-state index is 2.39. The molecule has 0 spiro atoms. The molecule has 0 aromatic rings. The van der Waals surface area contributed by atoms with Crippen molar-refractivity contribution in [3.63, 3.8) is 0 Å². The van der Waals surface area contributed by atoms with Gasteiger partial charge in [-0.15, -0.1) is 0 Å². The van der Waals surface area contributed by atoms with Gasteiger partial charge in [0, 0.05) is 5.25 Å². The van der Waals surface area contributed by atoms with Crippen LogP contribution < -0.4 is 0 Å². The lowest BCUT2D eigenvalue weighted by atomic mass is 10.1. The first kappa shape index (κ1) is 9.18. The van der Waals surface area contributed by atoms with Crippen molar-refractivity contribution in [3.05, 3.63) is 12.2 Å². The van der Waals surface area contributed by atoms with E-state index in [2.05, 4.69) is 30.8 Å². The third kappa shape index (κ3) is 3.85. The minimum absolute atomic E-state index is 0.843. The Morgan fingerprint density at radius 3 is 3.09 bits per heavy atom. The molecule has 11 heavy (non-hydrogen) atoms. The lowest BCUT2D eigenvalue weighted by Crippen LogP contribution is -2.02. The summed E-state index contributed by atoms with van der Waals surface area (Å²) < 4.78 is 0. The molecule has 0 fully saturated rings. The molecule has 0 amide bonds. The standard InChI is InChI=1S/C10H18S/c1-2-3-9-11-10-7-5-4-6-8-10/h5,7,10H,2-4,6,8-9H2,1H3. The third-order valence-electron chi connectivity index (χ3n) is 2.04. The van der Waals surface area contributed by atoms with Crippen LogP contribution in [0.2, 0.25) is 0 Å². The van der Waals surface area contributed by atoms with Gasteiger partial charge in [0.2, 0.25) is 0 Å². The summed E-state index contributed by atoms with van der Waals surface area (Å²) in [6.07, 6.45) is 11.6. The molecule has 0 aliphatic heterocycles. The van der Waals surface area contributed by atoms with Crippen molar-refractivity contribution in [1.82, 2.24) is 0 Å². The zero-order chi connectivity index (χ0) is 7.94. The average Bonchev–Trinajstić information content (AvgIpc) is 2.07. The van der Waals surface area contributed by atoms with E-state index in [1.807, 2.05) is 0 Å². The van der Waals surface area contributed by atoms with Gasteiger partial charge < -0.3 is 0 Å². The van der Waals surface area contributed by atoms with Gasteiger partial charge in [-0.05, 0) is 31.4 Å². The molecular weight excluding hydrogens is 152 g/mol. The van der Waals surface area contributed by atoms with E-state index in [0.29, 0.717) is 0 Å². The second kappa shape index (κ2) is 5.70. The van der Waals surface area contributed by atoms with E-state index >= 15 is 0 Å². The zero-order valence-corrected chi connectivity index (χ0v) is 8.20. The highest BCUT2D eigenvalue weighted by Crippen LogP contribution is 2.23. The van der Waals surface area contributed by atoms with Crippen molar-refractivity contribution in [1.29, 1.82) is 0 Å². The molecule has 0 heterocycles. The Morgan fingerprint density at radius 1 is 1.55 bits per heavy atom. The maximum absolute atomic E-state index is 2.39. The van der Waals surface area contributed by atoms with Gasteiger partial charge in [0.05, 0.1) is 0 Å². The van der Waals surface area contributed by atoms with Crippen molar-refractivity contribution in [2.75, 3.05) is 5.75 Å². The molecule has 0 N–H and O–H groups in total. The summed E-state index contributed by atoms with van der Waals surface area (Å²) in [6, 6.07) is 0. The van der Waals surface area contributed by atoms with Crippen LogP contribution in [0, 0.1) is 0 Å². The smallest absolute Gasteiger partial charge is 0.0227 e. The molecule has 1 heteroatoms. The summed E-state index contributed by atoms with van der Waals surface area (Å²) >= 11 is 2.14. The van der Waals surface area contributed by atoms with Crippen LogP contribution in [0.25, 0.3) is 0 Å². The molecule has 0 aromatic carbocycles. The number of rotatable bonds is 4. The maximum Gasteiger partial charge on any atom is 0.0227 e. The third-order valence-corrected chi connectivity index (χ3v) is 3.39. The van der Waals surface area contributed by atoms with Gasteiger partial charge in [-0.3, -0.25) is 0 Å². The first-order valence-electron chi connectivity index (χ1n) is 4.71. The van der Waals surface area contributed by atoms with Crippen molar-refractivity contribution < 1.29 is 0 Å². The van der Waals surface area contributed by atoms with Gasteiger partial charge in [0.1, 0.15) is 0 Å². The molecule has 0 saturated heterocycles. The lowest BCUT2D eigenvalue weighted by molar-refractivity contribution is 0.739. The fourth-order valence-electron chi connectivity index (χ4n) is 1.30. The normalized spacial score (nSPS) is 23.9. The number of thioether (sulfide) groups is 1. The number of hydrogen-bond acceptors (Lipinski definition) is 1. The predicted octanol–water partition coefficient (Wildman–Crippen LogP) is 3.63. The monoisotopic (exact) mass is 170 g/mol. The van der Waals surface area contributed by atoms with Crippen LogP contribution in [0.5, 0.6) is 0 Å². The first-order valence-corrected chi connectivity index (χ1v) is 5.76. The molecule has 1 unspecified atom stereocenters. The average molecular weight is 170 g/mol. The van der Waals surface area contributed by atoms with E-state index in [4.69, 9.17) is 0 Å². The molecule has 0 aromatic heterocycles. The van der Waals surface area contributed by atoms with Crippen LogP contribution in [-0.2, 0) is 0 Å². The summed E-state index contributed by atoms with van der Waals surface area (Å²) in [7, 11) is 0. The molecule has 0 saturated carbocycles. The van der Waals surface area contributed by atoms with E-state index in [-0.39, 0.29) is 0 Å². The highest BCUT2D eigenvalue weighted by atomic mass is 32.2. The largest absolute Gasteiger partial charge is 0.154 e. The van der Waals surface area contributed by atoms with Crippen molar-refractivity contribution in [2.45, 2.75) is 44.3 Å². The number of allylic oxidation sites excluding steroid dienone is 1. The second-order valence-corrected chi connectivity index (χ2v) is 4.47. The SMILES string of the molecule is CCCCSC1C=CCCC1. The van der Waals surface area contributed by atoms with Crippen LogP contribution in [0.1, 0.15) is 39.0 Å². The Kier molecular flexibility index (Phi) is 4.76. The van der Waals surface area contributed by atoms with Gasteiger partial charge in [-0.25, -0.2) is 0 Å². The zero-order valence-electron chi connectivity index (χ0n) is 7.38. The van der Waals surface area contributed by atoms with Gasteiger partial charge >= 0.3 is 0 Å². The Bertz CT molecular complexity index is 118. The Hall–Kier alpha value is 0.0900. The minimum Gasteiger partial charge on any atom is -0.154 e. The Labute approximate surface area is 74.5 Å². The van der Waals surface area contributed by atoms with Crippen LogP contribution in [0.4, 0.5) is 0 Å². The Morgan fingerprint density at radius 2 is 2.45 bits per heavy atom. The van der Waals surface area contributed by atoms with E-state index in [0.717, 1.165) is 5.25 Å². The fraction of sp³-hybridized carbons (Fsp3) is 0.800. The van der Waals surface area contributed by atoms with Crippen molar-refractivity contribution in [2.24, 2.45) is 0 Å². The molecule has 1 aliphatic rings. The summed E-state index contributed by atoms with van der Waals surface area (Å²) in [5.74, 6) is 1.35. The van der Waals surface area contributed by atoms with E-state index < -0.39 is 0 Å².